The van der Waals surface area contributed by atoms with Crippen molar-refractivity contribution in [3.8, 4) is 12.3 Å². The van der Waals surface area contributed by atoms with Gasteiger partial charge in [0.05, 0.1) is 5.92 Å². The summed E-state index contributed by atoms with van der Waals surface area (Å²) in [5.41, 5.74) is 12.5. The summed E-state index contributed by atoms with van der Waals surface area (Å²) in [5, 5.41) is 3.70. The predicted molar refractivity (Wildman–Crippen MR) is 172 cm³/mol. The molecule has 40 heavy (non-hydrogen) atoms. The molecular formula is C37H41N3. The standard InChI is InChI=1S/C37H41N3/c1-4-29(23-28(3)24-35-34-18-16-31(25-36(34)35)39-19-7-5-8-20-39)33-17-15-32(40-21-9-6-10-22-40)26-37(33)38-30-13-11-27(2)12-14-30/h1,11-18,23-26,29,38H,5-10,19-22H2,2-3H3/b28-23+,35-24+. The van der Waals surface area contributed by atoms with Crippen LogP contribution in [0.5, 0.6) is 0 Å². The highest BCUT2D eigenvalue weighted by Crippen LogP contribution is 2.45. The summed E-state index contributed by atoms with van der Waals surface area (Å²) >= 11 is 0. The van der Waals surface area contributed by atoms with Crippen LogP contribution < -0.4 is 15.1 Å². The lowest BCUT2D eigenvalue weighted by molar-refractivity contribution is 0.578. The zero-order valence-electron chi connectivity index (χ0n) is 24.0. The number of hydrogen-bond acceptors (Lipinski definition) is 3. The summed E-state index contributed by atoms with van der Waals surface area (Å²) in [6.45, 7) is 8.89. The van der Waals surface area contributed by atoms with Crippen molar-refractivity contribution >= 4 is 28.3 Å². The molecule has 0 amide bonds. The number of terminal acetylenes is 1. The van der Waals surface area contributed by atoms with Crippen molar-refractivity contribution in [2.45, 2.75) is 58.3 Å². The molecule has 0 bridgehead atoms. The Morgan fingerprint density at radius 3 is 2.08 bits per heavy atom. The monoisotopic (exact) mass is 527 g/mol. The minimum absolute atomic E-state index is 0.119. The maximum atomic E-state index is 6.19. The lowest BCUT2D eigenvalue weighted by Gasteiger charge is -2.30. The predicted octanol–water partition coefficient (Wildman–Crippen LogP) is 8.83. The van der Waals surface area contributed by atoms with Crippen molar-refractivity contribution in [1.29, 1.82) is 0 Å². The van der Waals surface area contributed by atoms with Crippen LogP contribution in [0.25, 0.3) is 5.57 Å². The van der Waals surface area contributed by atoms with Gasteiger partial charge in [-0.2, -0.15) is 0 Å². The minimum Gasteiger partial charge on any atom is -0.372 e. The van der Waals surface area contributed by atoms with Crippen molar-refractivity contribution in [3.05, 3.63) is 101 Å². The normalized spacial score (nSPS) is 18.7. The zero-order chi connectivity index (χ0) is 27.5. The number of piperidine rings is 2. The SMILES string of the molecule is C#CC(/C=C(C)/C=C1\c2ccc(N3CCCCC3)cc21)c1ccc(N2CCCCC2)cc1Nc1ccc(C)cc1. The molecule has 204 valence electrons. The fourth-order valence-electron chi connectivity index (χ4n) is 6.27. The summed E-state index contributed by atoms with van der Waals surface area (Å²) in [4.78, 5) is 5.04. The average molecular weight is 528 g/mol. The number of anilines is 4. The van der Waals surface area contributed by atoms with Crippen LogP contribution >= 0.6 is 0 Å². The molecule has 3 heteroatoms. The van der Waals surface area contributed by atoms with Gasteiger partial charge in [-0.1, -0.05) is 53.5 Å². The van der Waals surface area contributed by atoms with Crippen molar-refractivity contribution in [2.24, 2.45) is 0 Å². The Morgan fingerprint density at radius 1 is 0.800 bits per heavy atom. The maximum Gasteiger partial charge on any atom is 0.0656 e. The summed E-state index contributed by atoms with van der Waals surface area (Å²) in [6.07, 6.45) is 18.5. The summed E-state index contributed by atoms with van der Waals surface area (Å²) in [6, 6.07) is 22.3. The van der Waals surface area contributed by atoms with Gasteiger partial charge in [0.15, 0.2) is 0 Å². The third-order valence-electron chi connectivity index (χ3n) is 8.65. The van der Waals surface area contributed by atoms with Gasteiger partial charge in [-0.25, -0.2) is 0 Å². The molecule has 0 radical (unpaired) electrons. The molecule has 0 spiro atoms. The fourth-order valence-corrected chi connectivity index (χ4v) is 6.27. The molecule has 3 aromatic rings. The largest absolute Gasteiger partial charge is 0.372 e. The van der Waals surface area contributed by atoms with Crippen molar-refractivity contribution in [1.82, 2.24) is 0 Å². The number of rotatable bonds is 7. The third-order valence-corrected chi connectivity index (χ3v) is 8.65. The number of fused-ring (bicyclic) bond motifs is 1. The Labute approximate surface area is 240 Å². The van der Waals surface area contributed by atoms with Crippen LogP contribution in [0.1, 0.15) is 73.6 Å². The van der Waals surface area contributed by atoms with E-state index in [1.807, 2.05) is 0 Å². The first-order chi connectivity index (χ1) is 19.6. The van der Waals surface area contributed by atoms with E-state index in [0.29, 0.717) is 0 Å². The molecule has 3 aliphatic rings. The number of aryl methyl sites for hydroxylation is 1. The van der Waals surface area contributed by atoms with Crippen LogP contribution in [0.3, 0.4) is 0 Å². The second kappa shape index (κ2) is 11.7. The fraction of sp³-hybridized carbons (Fsp3) is 0.351. The number of allylic oxidation sites excluding steroid dienone is 3. The first-order valence-electron chi connectivity index (χ1n) is 15.1. The molecule has 1 aliphatic carbocycles. The lowest BCUT2D eigenvalue weighted by Crippen LogP contribution is -2.29. The van der Waals surface area contributed by atoms with Gasteiger partial charge in [0.2, 0.25) is 0 Å². The van der Waals surface area contributed by atoms with Crippen LogP contribution in [-0.2, 0) is 0 Å². The van der Waals surface area contributed by atoms with E-state index < -0.39 is 0 Å². The third kappa shape index (κ3) is 5.82. The number of nitrogens with one attached hydrogen (secondary N) is 1. The highest BCUT2D eigenvalue weighted by atomic mass is 15.1. The highest BCUT2D eigenvalue weighted by molar-refractivity contribution is 6.02. The molecule has 2 aliphatic heterocycles. The molecule has 2 heterocycles. The molecule has 2 saturated heterocycles. The molecule has 1 unspecified atom stereocenters. The van der Waals surface area contributed by atoms with Crippen LogP contribution in [0, 0.1) is 19.3 Å². The Hall–Kier alpha value is -3.90. The van der Waals surface area contributed by atoms with Gasteiger partial charge in [0, 0.05) is 48.9 Å². The summed E-state index contributed by atoms with van der Waals surface area (Å²) < 4.78 is 0. The van der Waals surface area contributed by atoms with Crippen LogP contribution in [0.4, 0.5) is 22.7 Å². The molecule has 3 aromatic carbocycles. The van der Waals surface area contributed by atoms with Gasteiger partial charge in [0.1, 0.15) is 0 Å². The zero-order valence-corrected chi connectivity index (χ0v) is 24.0. The molecule has 3 nitrogen and oxygen atoms in total. The van der Waals surface area contributed by atoms with Crippen molar-refractivity contribution in [2.75, 3.05) is 41.3 Å². The van der Waals surface area contributed by atoms with Crippen LogP contribution in [-0.4, -0.2) is 26.2 Å². The van der Waals surface area contributed by atoms with Crippen molar-refractivity contribution in [3.63, 3.8) is 0 Å². The minimum atomic E-state index is -0.119. The average Bonchev–Trinajstić information content (AvgIpc) is 3.69. The van der Waals surface area contributed by atoms with Crippen molar-refractivity contribution < 1.29 is 0 Å². The first kappa shape index (κ1) is 26.3. The number of nitrogens with zero attached hydrogens (tertiary/aromatic N) is 2. The smallest absolute Gasteiger partial charge is 0.0656 e. The number of benzene rings is 3. The second-order valence-corrected chi connectivity index (χ2v) is 11.7. The molecular weight excluding hydrogens is 486 g/mol. The van der Waals surface area contributed by atoms with E-state index in [0.717, 1.165) is 30.0 Å². The Bertz CT molecular complexity index is 1460. The summed E-state index contributed by atoms with van der Waals surface area (Å²) in [5.74, 6) is 2.97. The van der Waals surface area contributed by atoms with Gasteiger partial charge in [-0.05, 0) is 111 Å². The van der Waals surface area contributed by atoms with Gasteiger partial charge in [-0.3, -0.25) is 0 Å². The van der Waals surface area contributed by atoms with Gasteiger partial charge in [-0.15, -0.1) is 6.42 Å². The quantitative estimate of drug-likeness (QED) is 0.242. The lowest BCUT2D eigenvalue weighted by atomic mass is 9.94. The Kier molecular flexibility index (Phi) is 7.69. The first-order valence-corrected chi connectivity index (χ1v) is 15.1. The van der Waals surface area contributed by atoms with E-state index in [9.17, 15) is 0 Å². The maximum absolute atomic E-state index is 6.19. The Balaban J connectivity index is 1.26. The molecule has 1 atom stereocenters. The summed E-state index contributed by atoms with van der Waals surface area (Å²) in [7, 11) is 0. The van der Waals surface area contributed by atoms with E-state index in [2.05, 4.69) is 108 Å². The molecule has 2 fully saturated rings. The van der Waals surface area contributed by atoms with Gasteiger partial charge >= 0.3 is 0 Å². The van der Waals surface area contributed by atoms with Gasteiger partial charge < -0.3 is 15.1 Å². The molecule has 0 saturated carbocycles. The van der Waals surface area contributed by atoms with Crippen LogP contribution in [0.15, 0.2) is 78.4 Å². The van der Waals surface area contributed by atoms with Crippen LogP contribution in [0.2, 0.25) is 0 Å². The van der Waals surface area contributed by atoms with Gasteiger partial charge in [0.25, 0.3) is 0 Å². The van der Waals surface area contributed by atoms with E-state index in [4.69, 9.17) is 6.42 Å². The van der Waals surface area contributed by atoms with E-state index >= 15 is 0 Å². The second-order valence-electron chi connectivity index (χ2n) is 11.7. The van der Waals surface area contributed by atoms with E-state index in [1.54, 1.807) is 0 Å². The molecule has 0 aromatic heterocycles. The van der Waals surface area contributed by atoms with E-state index in [1.165, 1.54) is 90.8 Å². The van der Waals surface area contributed by atoms with E-state index in [-0.39, 0.29) is 5.92 Å². The molecule has 6 rings (SSSR count). The highest BCUT2D eigenvalue weighted by Gasteiger charge is 2.26. The Morgan fingerprint density at radius 2 is 1.43 bits per heavy atom. The number of hydrogen-bond donors (Lipinski definition) is 1. The topological polar surface area (TPSA) is 18.5 Å². The molecule has 1 N–H and O–H groups in total.